The van der Waals surface area contributed by atoms with E-state index >= 15 is 0 Å². The first kappa shape index (κ1) is 12.3. The molecule has 0 aromatic rings. The van der Waals surface area contributed by atoms with Gasteiger partial charge in [0.05, 0.1) is 17.6 Å². The highest BCUT2D eigenvalue weighted by Gasteiger charge is 2.28. The summed E-state index contributed by atoms with van der Waals surface area (Å²) in [5.74, 6) is 0.447. The standard InChI is InChI=1S/C9H17NO4S/c1-7(2)14-9(11)10-5-8-3-4-15(12,13)6-8/h7-8H,3-6H2,1-2H3,(H,10,11). The number of sulfone groups is 1. The molecular formula is C9H17NO4S. The number of nitrogens with one attached hydrogen (secondary N) is 1. The maximum Gasteiger partial charge on any atom is 0.407 e. The number of carbonyl (C=O) groups excluding carboxylic acids is 1. The van der Waals surface area contributed by atoms with Crippen LogP contribution in [0, 0.1) is 5.92 Å². The Balaban J connectivity index is 2.24. The molecule has 0 aromatic carbocycles. The molecule has 0 radical (unpaired) electrons. The molecule has 0 bridgehead atoms. The van der Waals surface area contributed by atoms with Gasteiger partial charge in [-0.2, -0.15) is 0 Å². The Labute approximate surface area is 90.1 Å². The fourth-order valence-electron chi connectivity index (χ4n) is 1.52. The molecule has 0 spiro atoms. The Kier molecular flexibility index (Phi) is 3.96. The Hall–Kier alpha value is -0.780. The van der Waals surface area contributed by atoms with Gasteiger partial charge in [0.15, 0.2) is 9.84 Å². The molecule has 1 fully saturated rings. The molecule has 0 saturated carbocycles. The Morgan fingerprint density at radius 3 is 2.67 bits per heavy atom. The van der Waals surface area contributed by atoms with Crippen molar-refractivity contribution in [1.82, 2.24) is 5.32 Å². The molecule has 1 aliphatic heterocycles. The molecule has 1 rings (SSSR count). The number of amides is 1. The summed E-state index contributed by atoms with van der Waals surface area (Å²) >= 11 is 0. The lowest BCUT2D eigenvalue weighted by molar-refractivity contribution is 0.114. The highest BCUT2D eigenvalue weighted by atomic mass is 32.2. The van der Waals surface area contributed by atoms with Crippen molar-refractivity contribution in [3.63, 3.8) is 0 Å². The molecule has 1 heterocycles. The molecule has 1 saturated heterocycles. The number of carbonyl (C=O) groups is 1. The van der Waals surface area contributed by atoms with Gasteiger partial charge in [-0.15, -0.1) is 0 Å². The van der Waals surface area contributed by atoms with E-state index in [9.17, 15) is 13.2 Å². The van der Waals surface area contributed by atoms with Gasteiger partial charge in [-0.3, -0.25) is 0 Å². The maximum absolute atomic E-state index is 11.1. The molecule has 1 atom stereocenters. The normalized spacial score (nSPS) is 24.1. The summed E-state index contributed by atoms with van der Waals surface area (Å²) in [5.41, 5.74) is 0. The summed E-state index contributed by atoms with van der Waals surface area (Å²) in [6.07, 6.45) is -0.00351. The van der Waals surface area contributed by atoms with Crippen molar-refractivity contribution in [1.29, 1.82) is 0 Å². The SMILES string of the molecule is CC(C)OC(=O)NCC1CCS(=O)(=O)C1. The summed E-state index contributed by atoms with van der Waals surface area (Å²) in [5, 5.41) is 2.57. The van der Waals surface area contributed by atoms with Crippen LogP contribution in [0.15, 0.2) is 0 Å². The molecule has 1 N–H and O–H groups in total. The van der Waals surface area contributed by atoms with Crippen LogP contribution in [-0.2, 0) is 14.6 Å². The van der Waals surface area contributed by atoms with Gasteiger partial charge in [0.25, 0.3) is 0 Å². The van der Waals surface area contributed by atoms with Gasteiger partial charge in [0.1, 0.15) is 0 Å². The summed E-state index contributed by atoms with van der Waals surface area (Å²) in [6.45, 7) is 3.91. The van der Waals surface area contributed by atoms with E-state index in [1.807, 2.05) is 0 Å². The average molecular weight is 235 g/mol. The fourth-order valence-corrected chi connectivity index (χ4v) is 3.38. The molecule has 1 amide bonds. The molecule has 6 heteroatoms. The van der Waals surface area contributed by atoms with Gasteiger partial charge < -0.3 is 10.1 Å². The topological polar surface area (TPSA) is 72.5 Å². The zero-order valence-corrected chi connectivity index (χ0v) is 9.84. The highest BCUT2D eigenvalue weighted by molar-refractivity contribution is 7.91. The van der Waals surface area contributed by atoms with Crippen LogP contribution in [0.1, 0.15) is 20.3 Å². The van der Waals surface area contributed by atoms with E-state index < -0.39 is 15.9 Å². The molecule has 88 valence electrons. The van der Waals surface area contributed by atoms with Crippen LogP contribution >= 0.6 is 0 Å². The minimum Gasteiger partial charge on any atom is -0.447 e. The van der Waals surface area contributed by atoms with Crippen molar-refractivity contribution in [3.8, 4) is 0 Å². The van der Waals surface area contributed by atoms with E-state index in [0.29, 0.717) is 13.0 Å². The minimum absolute atomic E-state index is 0.0368. The maximum atomic E-state index is 11.1. The van der Waals surface area contributed by atoms with Crippen molar-refractivity contribution >= 4 is 15.9 Å². The number of rotatable bonds is 3. The van der Waals surface area contributed by atoms with E-state index in [2.05, 4.69) is 5.32 Å². The van der Waals surface area contributed by atoms with Crippen LogP contribution in [0.2, 0.25) is 0 Å². The highest BCUT2D eigenvalue weighted by Crippen LogP contribution is 2.17. The zero-order chi connectivity index (χ0) is 11.5. The van der Waals surface area contributed by atoms with Crippen LogP contribution < -0.4 is 5.32 Å². The van der Waals surface area contributed by atoms with Gasteiger partial charge in [0, 0.05) is 6.54 Å². The molecule has 0 aliphatic carbocycles. The Bertz CT molecular complexity index is 323. The third-order valence-corrected chi connectivity index (χ3v) is 4.04. The first-order valence-corrected chi connectivity index (χ1v) is 6.86. The number of ether oxygens (including phenoxy) is 1. The lowest BCUT2D eigenvalue weighted by Gasteiger charge is -2.11. The van der Waals surface area contributed by atoms with Crippen LogP contribution in [0.5, 0.6) is 0 Å². The second-order valence-electron chi connectivity index (χ2n) is 4.10. The average Bonchev–Trinajstić information content (AvgIpc) is 2.41. The van der Waals surface area contributed by atoms with Gasteiger partial charge in [-0.1, -0.05) is 0 Å². The Morgan fingerprint density at radius 1 is 1.53 bits per heavy atom. The number of hydrogen-bond acceptors (Lipinski definition) is 4. The zero-order valence-electron chi connectivity index (χ0n) is 9.02. The van der Waals surface area contributed by atoms with Crippen LogP contribution in [0.3, 0.4) is 0 Å². The summed E-state index contributed by atoms with van der Waals surface area (Å²) in [4.78, 5) is 11.1. The van der Waals surface area contributed by atoms with Gasteiger partial charge >= 0.3 is 6.09 Å². The van der Waals surface area contributed by atoms with Crippen molar-refractivity contribution in [2.45, 2.75) is 26.4 Å². The second kappa shape index (κ2) is 4.83. The predicted molar refractivity (Wildman–Crippen MR) is 56.4 cm³/mol. The summed E-state index contributed by atoms with van der Waals surface area (Å²) < 4.78 is 27.1. The van der Waals surface area contributed by atoms with Crippen molar-refractivity contribution in [2.24, 2.45) is 5.92 Å². The molecule has 15 heavy (non-hydrogen) atoms. The smallest absolute Gasteiger partial charge is 0.407 e. The van der Waals surface area contributed by atoms with E-state index in [1.54, 1.807) is 13.8 Å². The summed E-state index contributed by atoms with van der Waals surface area (Å²) in [7, 11) is -2.86. The molecule has 5 nitrogen and oxygen atoms in total. The quantitative estimate of drug-likeness (QED) is 0.775. The van der Waals surface area contributed by atoms with Crippen molar-refractivity contribution in [2.75, 3.05) is 18.1 Å². The second-order valence-corrected chi connectivity index (χ2v) is 6.33. The van der Waals surface area contributed by atoms with E-state index in [4.69, 9.17) is 4.74 Å². The third kappa shape index (κ3) is 4.51. The largest absolute Gasteiger partial charge is 0.447 e. The van der Waals surface area contributed by atoms with Gasteiger partial charge in [-0.05, 0) is 26.2 Å². The molecular weight excluding hydrogens is 218 g/mol. The first-order chi connectivity index (χ1) is 6.89. The Morgan fingerprint density at radius 2 is 2.20 bits per heavy atom. The third-order valence-electron chi connectivity index (χ3n) is 2.20. The predicted octanol–water partition coefficient (Wildman–Crippen LogP) is 0.556. The van der Waals surface area contributed by atoms with Gasteiger partial charge in [0.2, 0.25) is 0 Å². The monoisotopic (exact) mass is 235 g/mol. The minimum atomic E-state index is -2.86. The fraction of sp³-hybridized carbons (Fsp3) is 0.889. The van der Waals surface area contributed by atoms with E-state index in [1.165, 1.54) is 0 Å². The van der Waals surface area contributed by atoms with Crippen LogP contribution in [0.25, 0.3) is 0 Å². The van der Waals surface area contributed by atoms with E-state index in [0.717, 1.165) is 0 Å². The molecule has 1 unspecified atom stereocenters. The van der Waals surface area contributed by atoms with E-state index in [-0.39, 0.29) is 23.5 Å². The number of hydrogen-bond donors (Lipinski definition) is 1. The molecule has 1 aliphatic rings. The first-order valence-electron chi connectivity index (χ1n) is 5.04. The lowest BCUT2D eigenvalue weighted by Crippen LogP contribution is -2.31. The van der Waals surface area contributed by atoms with Crippen LogP contribution in [0.4, 0.5) is 4.79 Å². The lowest BCUT2D eigenvalue weighted by atomic mass is 10.1. The molecule has 0 aromatic heterocycles. The number of alkyl carbamates (subject to hydrolysis) is 1. The van der Waals surface area contributed by atoms with Crippen LogP contribution in [-0.4, -0.2) is 38.7 Å². The summed E-state index contributed by atoms with van der Waals surface area (Å²) in [6, 6.07) is 0. The van der Waals surface area contributed by atoms with Crippen molar-refractivity contribution in [3.05, 3.63) is 0 Å². The van der Waals surface area contributed by atoms with Gasteiger partial charge in [-0.25, -0.2) is 13.2 Å². The van der Waals surface area contributed by atoms with Crippen molar-refractivity contribution < 1.29 is 17.9 Å².